The largest absolute Gasteiger partial charge is 0.494 e. The highest BCUT2D eigenvalue weighted by molar-refractivity contribution is 6.46. The Hall–Kier alpha value is -3.93. The molecule has 3 aromatic rings. The second-order valence-corrected chi connectivity index (χ2v) is 7.57. The average molecular weight is 430 g/mol. The molecule has 0 radical (unpaired) electrons. The highest BCUT2D eigenvalue weighted by Crippen LogP contribution is 2.35. The van der Waals surface area contributed by atoms with E-state index >= 15 is 0 Å². The molecule has 32 heavy (non-hydrogen) atoms. The Morgan fingerprint density at radius 1 is 0.906 bits per heavy atom. The normalized spacial score (nSPS) is 13.7. The van der Waals surface area contributed by atoms with Gasteiger partial charge in [0.25, 0.3) is 11.8 Å². The molecule has 0 spiro atoms. The van der Waals surface area contributed by atoms with Crippen molar-refractivity contribution in [1.82, 2.24) is 0 Å². The fourth-order valence-electron chi connectivity index (χ4n) is 3.75. The van der Waals surface area contributed by atoms with Gasteiger partial charge in [-0.3, -0.25) is 9.59 Å². The van der Waals surface area contributed by atoms with Crippen LogP contribution in [0.1, 0.15) is 23.6 Å². The molecule has 0 saturated heterocycles. The summed E-state index contributed by atoms with van der Waals surface area (Å²) in [7, 11) is 0. The molecule has 0 unspecified atom stereocenters. The number of anilines is 2. The van der Waals surface area contributed by atoms with Gasteiger partial charge in [0.1, 0.15) is 17.3 Å². The Kier molecular flexibility index (Phi) is 5.77. The fourth-order valence-corrected chi connectivity index (χ4v) is 3.75. The molecular weight excluding hydrogens is 407 g/mol. The summed E-state index contributed by atoms with van der Waals surface area (Å²) < 4.78 is 19.0. The van der Waals surface area contributed by atoms with Gasteiger partial charge in [-0.1, -0.05) is 29.8 Å². The Labute approximate surface area is 186 Å². The molecule has 6 heteroatoms. The topological polar surface area (TPSA) is 58.6 Å². The first-order chi connectivity index (χ1) is 15.4. The molecule has 0 bridgehead atoms. The minimum Gasteiger partial charge on any atom is -0.494 e. The molecule has 0 aliphatic carbocycles. The van der Waals surface area contributed by atoms with Gasteiger partial charge in [0, 0.05) is 5.69 Å². The first-order valence-corrected chi connectivity index (χ1v) is 10.3. The summed E-state index contributed by atoms with van der Waals surface area (Å²) in [5.74, 6) is -0.632. The number of carbonyl (C=O) groups is 2. The van der Waals surface area contributed by atoms with Crippen molar-refractivity contribution in [3.05, 3.63) is 94.9 Å². The summed E-state index contributed by atoms with van der Waals surface area (Å²) in [6.45, 7) is 6.25. The lowest BCUT2D eigenvalue weighted by molar-refractivity contribution is -0.120. The number of hydrogen-bond acceptors (Lipinski definition) is 4. The third-order valence-electron chi connectivity index (χ3n) is 5.24. The molecule has 4 rings (SSSR count). The second kappa shape index (κ2) is 8.67. The predicted molar refractivity (Wildman–Crippen MR) is 123 cm³/mol. The molecular formula is C26H23FN2O3. The van der Waals surface area contributed by atoms with Crippen LogP contribution in [0.2, 0.25) is 0 Å². The lowest BCUT2D eigenvalue weighted by Crippen LogP contribution is -2.33. The van der Waals surface area contributed by atoms with Crippen molar-refractivity contribution in [1.29, 1.82) is 0 Å². The van der Waals surface area contributed by atoms with E-state index < -0.39 is 17.6 Å². The van der Waals surface area contributed by atoms with Gasteiger partial charge in [-0.2, -0.15) is 0 Å². The Bertz CT molecular complexity index is 1210. The third-order valence-corrected chi connectivity index (χ3v) is 5.24. The molecule has 0 fully saturated rings. The molecule has 2 amide bonds. The van der Waals surface area contributed by atoms with Crippen LogP contribution in [0.15, 0.2) is 72.4 Å². The molecule has 1 heterocycles. The number of rotatable bonds is 6. The summed E-state index contributed by atoms with van der Waals surface area (Å²) >= 11 is 0. The van der Waals surface area contributed by atoms with Gasteiger partial charge in [-0.05, 0) is 74.4 Å². The maximum atomic E-state index is 13.5. The first kappa shape index (κ1) is 21.3. The van der Waals surface area contributed by atoms with Crippen LogP contribution in [-0.2, 0) is 9.59 Å². The van der Waals surface area contributed by atoms with Crippen LogP contribution < -0.4 is 15.0 Å². The van der Waals surface area contributed by atoms with Crippen LogP contribution in [0.3, 0.4) is 0 Å². The van der Waals surface area contributed by atoms with E-state index in [4.69, 9.17) is 4.74 Å². The number of hydrogen-bond donors (Lipinski definition) is 1. The molecule has 1 aliphatic heterocycles. The van der Waals surface area contributed by atoms with Crippen molar-refractivity contribution in [3.8, 4) is 5.75 Å². The van der Waals surface area contributed by atoms with Crippen LogP contribution in [0.4, 0.5) is 15.8 Å². The SMILES string of the molecule is CCOc1ccc(NC2=C(c3ccc(F)cc3)C(=O)N(c3ccc(C)cc3C)C2=O)cc1. The number of amides is 2. The Morgan fingerprint density at radius 3 is 2.22 bits per heavy atom. The molecule has 0 atom stereocenters. The van der Waals surface area contributed by atoms with Crippen molar-refractivity contribution in [3.63, 3.8) is 0 Å². The van der Waals surface area contributed by atoms with Gasteiger partial charge < -0.3 is 10.1 Å². The second-order valence-electron chi connectivity index (χ2n) is 7.57. The lowest BCUT2D eigenvalue weighted by Gasteiger charge is -2.18. The van der Waals surface area contributed by atoms with E-state index in [0.717, 1.165) is 11.1 Å². The summed E-state index contributed by atoms with van der Waals surface area (Å²) in [4.78, 5) is 28.1. The maximum absolute atomic E-state index is 13.5. The van der Waals surface area contributed by atoms with Crippen LogP contribution in [0, 0.1) is 19.7 Å². The molecule has 0 aromatic heterocycles. The third kappa shape index (κ3) is 3.99. The molecule has 162 valence electrons. The number of carbonyl (C=O) groups excluding carboxylic acids is 2. The van der Waals surface area contributed by atoms with Crippen LogP contribution in [-0.4, -0.2) is 18.4 Å². The van der Waals surface area contributed by atoms with Gasteiger partial charge in [0.15, 0.2) is 0 Å². The first-order valence-electron chi connectivity index (χ1n) is 10.3. The number of benzene rings is 3. The van der Waals surface area contributed by atoms with Crippen molar-refractivity contribution >= 4 is 28.8 Å². The number of ether oxygens (including phenoxy) is 1. The van der Waals surface area contributed by atoms with Crippen molar-refractivity contribution in [2.75, 3.05) is 16.8 Å². The number of halogens is 1. The van der Waals surface area contributed by atoms with Crippen LogP contribution in [0.25, 0.3) is 5.57 Å². The van der Waals surface area contributed by atoms with E-state index in [1.54, 1.807) is 30.3 Å². The smallest absolute Gasteiger partial charge is 0.282 e. The number of imide groups is 1. The van der Waals surface area contributed by atoms with E-state index in [2.05, 4.69) is 5.32 Å². The van der Waals surface area contributed by atoms with Crippen LogP contribution in [0.5, 0.6) is 5.75 Å². The summed E-state index contributed by atoms with van der Waals surface area (Å²) in [6.07, 6.45) is 0. The minimum absolute atomic E-state index is 0.144. The highest BCUT2D eigenvalue weighted by atomic mass is 19.1. The molecule has 1 aliphatic rings. The van der Waals surface area contributed by atoms with Crippen LogP contribution >= 0.6 is 0 Å². The lowest BCUT2D eigenvalue weighted by atomic mass is 10.0. The highest BCUT2D eigenvalue weighted by Gasteiger charge is 2.40. The van der Waals surface area contributed by atoms with Gasteiger partial charge in [-0.15, -0.1) is 0 Å². The monoisotopic (exact) mass is 430 g/mol. The van der Waals surface area contributed by atoms with E-state index in [-0.39, 0.29) is 11.3 Å². The fraction of sp³-hybridized carbons (Fsp3) is 0.154. The van der Waals surface area contributed by atoms with Gasteiger partial charge in [0.2, 0.25) is 0 Å². The molecule has 5 nitrogen and oxygen atoms in total. The van der Waals surface area contributed by atoms with E-state index in [1.165, 1.54) is 29.2 Å². The Balaban J connectivity index is 1.78. The zero-order chi connectivity index (χ0) is 22.8. The molecule has 0 saturated carbocycles. The van der Waals surface area contributed by atoms with Gasteiger partial charge in [0.05, 0.1) is 17.9 Å². The van der Waals surface area contributed by atoms with Gasteiger partial charge >= 0.3 is 0 Å². The zero-order valence-electron chi connectivity index (χ0n) is 18.1. The predicted octanol–water partition coefficient (Wildman–Crippen LogP) is 5.24. The summed E-state index contributed by atoms with van der Waals surface area (Å²) in [5, 5.41) is 3.10. The summed E-state index contributed by atoms with van der Waals surface area (Å²) in [6, 6.07) is 18.2. The minimum atomic E-state index is -0.463. The quantitative estimate of drug-likeness (QED) is 0.544. The standard InChI is InChI=1S/C26H23FN2O3/c1-4-32-21-12-10-20(11-13-21)28-24-23(18-6-8-19(27)9-7-18)25(30)29(26(24)31)22-14-5-16(2)15-17(22)3/h5-15,28H,4H2,1-3H3. The van der Waals surface area contributed by atoms with Crippen molar-refractivity contribution in [2.24, 2.45) is 0 Å². The Morgan fingerprint density at radius 2 is 1.59 bits per heavy atom. The number of nitrogens with one attached hydrogen (secondary N) is 1. The van der Waals surface area contributed by atoms with E-state index in [1.807, 2.05) is 32.9 Å². The number of nitrogens with zero attached hydrogens (tertiary/aromatic N) is 1. The zero-order valence-corrected chi connectivity index (χ0v) is 18.1. The van der Waals surface area contributed by atoms with E-state index in [9.17, 15) is 14.0 Å². The molecule has 1 N–H and O–H groups in total. The average Bonchev–Trinajstić information content (AvgIpc) is 3.00. The summed E-state index contributed by atoms with van der Waals surface area (Å²) in [5.41, 5.74) is 3.80. The van der Waals surface area contributed by atoms with Crippen molar-refractivity contribution < 1.29 is 18.7 Å². The number of aryl methyl sites for hydroxylation is 2. The van der Waals surface area contributed by atoms with Crippen molar-refractivity contribution in [2.45, 2.75) is 20.8 Å². The molecule has 3 aromatic carbocycles. The van der Waals surface area contributed by atoms with Gasteiger partial charge in [-0.25, -0.2) is 9.29 Å². The van der Waals surface area contributed by atoms with E-state index in [0.29, 0.717) is 29.3 Å². The maximum Gasteiger partial charge on any atom is 0.282 e.